The molecule has 0 saturated carbocycles. The van der Waals surface area contributed by atoms with Gasteiger partial charge in [-0.05, 0) is 68.3 Å². The minimum absolute atomic E-state index is 0.0658. The van der Waals surface area contributed by atoms with Crippen molar-refractivity contribution in [1.29, 1.82) is 0 Å². The summed E-state index contributed by atoms with van der Waals surface area (Å²) in [5.74, 6) is 0.0658. The van der Waals surface area contributed by atoms with Crippen LogP contribution >= 0.6 is 0 Å². The normalized spacial score (nSPS) is 14.6. The SMILES string of the molecule is CCS(=O)(=O)Nc1ccc(Nc2ccc(N3CCCC3)cc2)cc1. The summed E-state index contributed by atoms with van der Waals surface area (Å²) < 4.78 is 25.6. The fourth-order valence-electron chi connectivity index (χ4n) is 2.77. The van der Waals surface area contributed by atoms with Gasteiger partial charge in [0.05, 0.1) is 5.75 Å². The van der Waals surface area contributed by atoms with Gasteiger partial charge in [-0.15, -0.1) is 0 Å². The summed E-state index contributed by atoms with van der Waals surface area (Å²) in [4.78, 5) is 2.40. The Hall–Kier alpha value is -2.21. The molecule has 5 nitrogen and oxygen atoms in total. The van der Waals surface area contributed by atoms with Gasteiger partial charge in [0.25, 0.3) is 0 Å². The summed E-state index contributed by atoms with van der Waals surface area (Å²) >= 11 is 0. The summed E-state index contributed by atoms with van der Waals surface area (Å²) in [7, 11) is -3.23. The van der Waals surface area contributed by atoms with E-state index in [9.17, 15) is 8.42 Å². The van der Waals surface area contributed by atoms with Crippen molar-refractivity contribution in [3.05, 3.63) is 48.5 Å². The highest BCUT2D eigenvalue weighted by molar-refractivity contribution is 7.92. The molecule has 1 aliphatic rings. The van der Waals surface area contributed by atoms with Gasteiger partial charge >= 0.3 is 0 Å². The zero-order chi connectivity index (χ0) is 17.0. The lowest BCUT2D eigenvalue weighted by molar-refractivity contribution is 0.602. The Morgan fingerprint density at radius 3 is 1.92 bits per heavy atom. The molecule has 0 amide bonds. The second kappa shape index (κ2) is 7.13. The highest BCUT2D eigenvalue weighted by atomic mass is 32.2. The Morgan fingerprint density at radius 2 is 1.38 bits per heavy atom. The molecule has 24 heavy (non-hydrogen) atoms. The second-order valence-electron chi connectivity index (χ2n) is 5.95. The molecule has 6 heteroatoms. The van der Waals surface area contributed by atoms with Gasteiger partial charge in [-0.2, -0.15) is 0 Å². The maximum atomic E-state index is 11.6. The van der Waals surface area contributed by atoms with Gasteiger partial charge < -0.3 is 10.2 Å². The fraction of sp³-hybridized carbons (Fsp3) is 0.333. The van der Waals surface area contributed by atoms with Crippen molar-refractivity contribution in [1.82, 2.24) is 0 Å². The molecule has 2 aromatic carbocycles. The van der Waals surface area contributed by atoms with Crippen LogP contribution in [0.1, 0.15) is 19.8 Å². The number of hydrogen-bond donors (Lipinski definition) is 2. The van der Waals surface area contributed by atoms with E-state index in [0.717, 1.165) is 24.5 Å². The molecule has 1 fully saturated rings. The first-order chi connectivity index (χ1) is 11.6. The van der Waals surface area contributed by atoms with Crippen LogP contribution in [0.2, 0.25) is 0 Å². The van der Waals surface area contributed by atoms with Crippen LogP contribution in [0.3, 0.4) is 0 Å². The van der Waals surface area contributed by atoms with Crippen LogP contribution in [0.15, 0.2) is 48.5 Å². The van der Waals surface area contributed by atoms with E-state index in [1.807, 2.05) is 12.1 Å². The van der Waals surface area contributed by atoms with E-state index in [2.05, 4.69) is 39.2 Å². The van der Waals surface area contributed by atoms with Crippen LogP contribution in [0, 0.1) is 0 Å². The van der Waals surface area contributed by atoms with Gasteiger partial charge in [0.1, 0.15) is 0 Å². The van der Waals surface area contributed by atoms with Crippen molar-refractivity contribution in [2.24, 2.45) is 0 Å². The lowest BCUT2D eigenvalue weighted by atomic mass is 10.2. The predicted octanol–water partition coefficient (Wildman–Crippen LogP) is 3.79. The van der Waals surface area contributed by atoms with Gasteiger partial charge in [-0.1, -0.05) is 0 Å². The summed E-state index contributed by atoms with van der Waals surface area (Å²) in [5, 5.41) is 3.33. The van der Waals surface area contributed by atoms with Crippen molar-refractivity contribution in [2.75, 3.05) is 33.8 Å². The maximum Gasteiger partial charge on any atom is 0.232 e. The molecule has 0 aromatic heterocycles. The van der Waals surface area contributed by atoms with E-state index in [0.29, 0.717) is 5.69 Å². The van der Waals surface area contributed by atoms with Crippen LogP contribution in [-0.2, 0) is 10.0 Å². The van der Waals surface area contributed by atoms with Crippen molar-refractivity contribution in [2.45, 2.75) is 19.8 Å². The summed E-state index contributed by atoms with van der Waals surface area (Å²) in [5.41, 5.74) is 3.78. The molecule has 3 rings (SSSR count). The van der Waals surface area contributed by atoms with Gasteiger partial charge in [-0.3, -0.25) is 4.72 Å². The number of rotatable bonds is 6. The van der Waals surface area contributed by atoms with Gasteiger partial charge in [-0.25, -0.2) is 8.42 Å². The topological polar surface area (TPSA) is 61.4 Å². The molecule has 2 aromatic rings. The van der Waals surface area contributed by atoms with Gasteiger partial charge in [0, 0.05) is 35.8 Å². The van der Waals surface area contributed by atoms with E-state index in [4.69, 9.17) is 0 Å². The zero-order valence-corrected chi connectivity index (χ0v) is 14.6. The first-order valence-corrected chi connectivity index (χ1v) is 9.93. The van der Waals surface area contributed by atoms with Crippen molar-refractivity contribution in [3.63, 3.8) is 0 Å². The molecule has 0 radical (unpaired) electrons. The Bertz CT molecular complexity index is 765. The van der Waals surface area contributed by atoms with Crippen LogP contribution in [0.25, 0.3) is 0 Å². The van der Waals surface area contributed by atoms with Gasteiger partial charge in [0.15, 0.2) is 0 Å². The van der Waals surface area contributed by atoms with E-state index in [1.165, 1.54) is 18.5 Å². The number of nitrogens with zero attached hydrogens (tertiary/aromatic N) is 1. The second-order valence-corrected chi connectivity index (χ2v) is 7.96. The predicted molar refractivity (Wildman–Crippen MR) is 101 cm³/mol. The van der Waals surface area contributed by atoms with Crippen molar-refractivity contribution >= 4 is 32.8 Å². The van der Waals surface area contributed by atoms with Crippen molar-refractivity contribution < 1.29 is 8.42 Å². The van der Waals surface area contributed by atoms with Crippen LogP contribution < -0.4 is 14.9 Å². The smallest absolute Gasteiger partial charge is 0.232 e. The van der Waals surface area contributed by atoms with Crippen LogP contribution in [0.5, 0.6) is 0 Å². The molecule has 1 heterocycles. The van der Waals surface area contributed by atoms with E-state index in [1.54, 1.807) is 19.1 Å². The minimum atomic E-state index is -3.23. The minimum Gasteiger partial charge on any atom is -0.372 e. The molecule has 2 N–H and O–H groups in total. The number of sulfonamides is 1. The van der Waals surface area contributed by atoms with Crippen LogP contribution in [0.4, 0.5) is 22.7 Å². The third-order valence-electron chi connectivity index (χ3n) is 4.17. The number of benzene rings is 2. The average molecular weight is 345 g/mol. The molecule has 1 aliphatic heterocycles. The Labute approximate surface area is 143 Å². The molecule has 0 spiro atoms. The third-order valence-corrected chi connectivity index (χ3v) is 5.47. The highest BCUT2D eigenvalue weighted by Gasteiger charge is 2.11. The molecule has 0 unspecified atom stereocenters. The first kappa shape index (κ1) is 16.6. The first-order valence-electron chi connectivity index (χ1n) is 8.28. The van der Waals surface area contributed by atoms with Gasteiger partial charge in [0.2, 0.25) is 10.0 Å². The number of nitrogens with one attached hydrogen (secondary N) is 2. The van der Waals surface area contributed by atoms with E-state index >= 15 is 0 Å². The zero-order valence-electron chi connectivity index (χ0n) is 13.8. The standard InChI is InChI=1S/C18H23N3O2S/c1-2-24(22,23)20-17-7-5-15(6-8-17)19-16-9-11-18(12-10-16)21-13-3-4-14-21/h5-12,19-20H,2-4,13-14H2,1H3. The Kier molecular flexibility index (Phi) is 4.94. The Morgan fingerprint density at radius 1 is 0.875 bits per heavy atom. The molecule has 1 saturated heterocycles. The number of anilines is 4. The summed E-state index contributed by atoms with van der Waals surface area (Å²) in [6.07, 6.45) is 2.54. The van der Waals surface area contributed by atoms with E-state index < -0.39 is 10.0 Å². The summed E-state index contributed by atoms with van der Waals surface area (Å²) in [6.45, 7) is 3.90. The lowest BCUT2D eigenvalue weighted by Gasteiger charge is -2.18. The quantitative estimate of drug-likeness (QED) is 0.836. The molecular formula is C18H23N3O2S. The lowest BCUT2D eigenvalue weighted by Crippen LogP contribution is -2.17. The molecule has 0 aliphatic carbocycles. The van der Waals surface area contributed by atoms with E-state index in [-0.39, 0.29) is 5.75 Å². The Balaban J connectivity index is 1.63. The molecule has 0 bridgehead atoms. The van der Waals surface area contributed by atoms with Crippen molar-refractivity contribution in [3.8, 4) is 0 Å². The van der Waals surface area contributed by atoms with Crippen LogP contribution in [-0.4, -0.2) is 27.3 Å². The molecular weight excluding hydrogens is 322 g/mol. The maximum absolute atomic E-state index is 11.6. The average Bonchev–Trinajstić information content (AvgIpc) is 3.12. The summed E-state index contributed by atoms with van der Waals surface area (Å²) in [6, 6.07) is 15.7. The highest BCUT2D eigenvalue weighted by Crippen LogP contribution is 2.24. The third kappa shape index (κ3) is 4.20. The molecule has 0 atom stereocenters. The molecule has 128 valence electrons. The fourth-order valence-corrected chi connectivity index (χ4v) is 3.41. The monoisotopic (exact) mass is 345 g/mol. The number of hydrogen-bond acceptors (Lipinski definition) is 4. The largest absolute Gasteiger partial charge is 0.372 e.